The largest absolute Gasteiger partial charge is 0.355 e. The monoisotopic (exact) mass is 246 g/mol. The van der Waals surface area contributed by atoms with Gasteiger partial charge >= 0.3 is 0 Å². The number of benzene rings is 1. The lowest BCUT2D eigenvalue weighted by atomic mass is 9.77. The summed E-state index contributed by atoms with van der Waals surface area (Å²) in [6.07, 6.45) is 2.96. The second kappa shape index (κ2) is 6.01. The van der Waals surface area contributed by atoms with Crippen molar-refractivity contribution in [1.82, 2.24) is 5.32 Å². The van der Waals surface area contributed by atoms with Crippen LogP contribution in [0, 0.1) is 5.92 Å². The molecule has 1 aliphatic carbocycles. The number of nitrogens with one attached hydrogen (secondary N) is 1. The van der Waals surface area contributed by atoms with E-state index >= 15 is 0 Å². The van der Waals surface area contributed by atoms with Crippen LogP contribution in [0.1, 0.15) is 36.8 Å². The molecule has 3 nitrogen and oxygen atoms in total. The van der Waals surface area contributed by atoms with Gasteiger partial charge in [0, 0.05) is 19.0 Å². The molecule has 0 aromatic heterocycles. The second-order valence-corrected chi connectivity index (χ2v) is 5.07. The van der Waals surface area contributed by atoms with Gasteiger partial charge in [0.15, 0.2) is 0 Å². The molecule has 2 unspecified atom stereocenters. The number of nitrogens with two attached hydrogens (primary N) is 1. The Labute approximate surface area is 109 Å². The van der Waals surface area contributed by atoms with Gasteiger partial charge in [-0.15, -0.1) is 0 Å². The highest BCUT2D eigenvalue weighted by molar-refractivity contribution is 5.79. The quantitative estimate of drug-likeness (QED) is 0.804. The fourth-order valence-electron chi connectivity index (χ4n) is 2.62. The molecule has 1 amide bonds. The summed E-state index contributed by atoms with van der Waals surface area (Å²) in [4.78, 5) is 11.9. The van der Waals surface area contributed by atoms with Crippen LogP contribution in [0.5, 0.6) is 0 Å². The van der Waals surface area contributed by atoms with Crippen molar-refractivity contribution < 1.29 is 4.79 Å². The van der Waals surface area contributed by atoms with E-state index in [4.69, 9.17) is 5.73 Å². The van der Waals surface area contributed by atoms with Crippen molar-refractivity contribution in [2.75, 3.05) is 13.1 Å². The highest BCUT2D eigenvalue weighted by atomic mass is 16.1. The fraction of sp³-hybridized carbons (Fsp3) is 0.533. The van der Waals surface area contributed by atoms with Gasteiger partial charge in [-0.05, 0) is 24.0 Å². The molecule has 0 aliphatic heterocycles. The molecule has 1 aromatic carbocycles. The molecule has 3 heteroatoms. The molecular formula is C15H22N2O. The van der Waals surface area contributed by atoms with Crippen LogP contribution in [0.3, 0.4) is 0 Å². The van der Waals surface area contributed by atoms with E-state index in [1.54, 1.807) is 0 Å². The third-order valence-electron chi connectivity index (χ3n) is 3.78. The Kier molecular flexibility index (Phi) is 4.37. The normalized spacial score (nSPS) is 18.7. The van der Waals surface area contributed by atoms with Crippen LogP contribution < -0.4 is 11.1 Å². The zero-order valence-electron chi connectivity index (χ0n) is 11.0. The molecule has 3 N–H and O–H groups in total. The van der Waals surface area contributed by atoms with Crippen molar-refractivity contribution in [2.45, 2.75) is 32.1 Å². The van der Waals surface area contributed by atoms with E-state index in [-0.39, 0.29) is 11.8 Å². The lowest BCUT2D eigenvalue weighted by Crippen LogP contribution is -2.39. The van der Waals surface area contributed by atoms with E-state index in [0.29, 0.717) is 12.5 Å². The van der Waals surface area contributed by atoms with Crippen LogP contribution in [-0.4, -0.2) is 19.0 Å². The van der Waals surface area contributed by atoms with Gasteiger partial charge in [0.05, 0.1) is 5.92 Å². The van der Waals surface area contributed by atoms with E-state index in [9.17, 15) is 4.79 Å². The van der Waals surface area contributed by atoms with Crippen molar-refractivity contribution in [3.8, 4) is 0 Å². The Morgan fingerprint density at radius 3 is 2.94 bits per heavy atom. The first kappa shape index (κ1) is 13.1. The van der Waals surface area contributed by atoms with Crippen molar-refractivity contribution in [2.24, 2.45) is 11.7 Å². The fourth-order valence-corrected chi connectivity index (χ4v) is 2.62. The maximum Gasteiger partial charge on any atom is 0.224 e. The summed E-state index contributed by atoms with van der Waals surface area (Å²) in [6, 6.07) is 8.45. The third-order valence-corrected chi connectivity index (χ3v) is 3.78. The predicted octanol–water partition coefficient (Wildman–Crippen LogP) is 1.82. The van der Waals surface area contributed by atoms with E-state index in [1.165, 1.54) is 11.1 Å². The van der Waals surface area contributed by atoms with Crippen LogP contribution in [0.15, 0.2) is 24.3 Å². The molecule has 0 fully saturated rings. The summed E-state index contributed by atoms with van der Waals surface area (Å²) in [7, 11) is 0. The minimum absolute atomic E-state index is 0.0229. The zero-order chi connectivity index (χ0) is 13.0. The summed E-state index contributed by atoms with van der Waals surface area (Å²) in [6.45, 7) is 3.27. The van der Waals surface area contributed by atoms with Gasteiger partial charge in [-0.2, -0.15) is 0 Å². The van der Waals surface area contributed by atoms with Crippen molar-refractivity contribution in [3.63, 3.8) is 0 Å². The maximum atomic E-state index is 11.9. The summed E-state index contributed by atoms with van der Waals surface area (Å²) in [5.41, 5.74) is 8.43. The first-order valence-corrected chi connectivity index (χ1v) is 6.81. The average Bonchev–Trinajstić information content (AvgIpc) is 2.36. The topological polar surface area (TPSA) is 55.1 Å². The smallest absolute Gasteiger partial charge is 0.224 e. The van der Waals surface area contributed by atoms with Gasteiger partial charge in [-0.25, -0.2) is 0 Å². The Bertz CT molecular complexity index is 417. The molecule has 0 saturated carbocycles. The molecule has 1 aromatic rings. The van der Waals surface area contributed by atoms with Gasteiger partial charge < -0.3 is 11.1 Å². The molecule has 0 bridgehead atoms. The van der Waals surface area contributed by atoms with Crippen molar-refractivity contribution >= 4 is 5.91 Å². The number of rotatable bonds is 6. The van der Waals surface area contributed by atoms with Crippen LogP contribution in [0.2, 0.25) is 0 Å². The van der Waals surface area contributed by atoms with Gasteiger partial charge in [0.1, 0.15) is 0 Å². The zero-order valence-corrected chi connectivity index (χ0v) is 11.0. The number of amides is 1. The van der Waals surface area contributed by atoms with Gasteiger partial charge in [0.25, 0.3) is 0 Å². The highest BCUT2D eigenvalue weighted by Crippen LogP contribution is 2.33. The van der Waals surface area contributed by atoms with Gasteiger partial charge in [0.2, 0.25) is 5.91 Å². The number of hydrogen-bond donors (Lipinski definition) is 2. The highest BCUT2D eigenvalue weighted by Gasteiger charge is 2.26. The van der Waals surface area contributed by atoms with Crippen LogP contribution in [-0.2, 0) is 11.2 Å². The van der Waals surface area contributed by atoms with Crippen molar-refractivity contribution in [3.05, 3.63) is 35.4 Å². The molecular weight excluding hydrogens is 224 g/mol. The molecule has 0 heterocycles. The summed E-state index contributed by atoms with van der Waals surface area (Å²) >= 11 is 0. The molecule has 0 radical (unpaired) electrons. The summed E-state index contributed by atoms with van der Waals surface area (Å²) in [5.74, 6) is 0.583. The molecule has 0 saturated heterocycles. The average molecular weight is 246 g/mol. The Morgan fingerprint density at radius 2 is 2.28 bits per heavy atom. The lowest BCUT2D eigenvalue weighted by molar-refractivity contribution is -0.125. The molecule has 1 aliphatic rings. The second-order valence-electron chi connectivity index (χ2n) is 5.07. The molecule has 0 spiro atoms. The first-order chi connectivity index (χ1) is 8.76. The predicted molar refractivity (Wildman–Crippen MR) is 73.3 cm³/mol. The SMILES string of the molecule is CCCC(CN)C(=O)NCC1Cc2ccccc21. The number of hydrogen-bond acceptors (Lipinski definition) is 2. The minimum atomic E-state index is -0.0229. The molecule has 18 heavy (non-hydrogen) atoms. The third kappa shape index (κ3) is 2.72. The van der Waals surface area contributed by atoms with E-state index in [2.05, 4.69) is 36.5 Å². The summed E-state index contributed by atoms with van der Waals surface area (Å²) in [5, 5.41) is 3.04. The Morgan fingerprint density at radius 1 is 1.50 bits per heavy atom. The van der Waals surface area contributed by atoms with Gasteiger partial charge in [-0.1, -0.05) is 37.6 Å². The maximum absolute atomic E-state index is 11.9. The Balaban J connectivity index is 1.81. The number of carbonyl (C=O) groups excluding carboxylic acids is 1. The van der Waals surface area contributed by atoms with Crippen LogP contribution in [0.4, 0.5) is 0 Å². The Hall–Kier alpha value is -1.35. The first-order valence-electron chi connectivity index (χ1n) is 6.81. The van der Waals surface area contributed by atoms with E-state index in [1.807, 2.05) is 0 Å². The number of fused-ring (bicyclic) bond motifs is 1. The van der Waals surface area contributed by atoms with Crippen molar-refractivity contribution in [1.29, 1.82) is 0 Å². The molecule has 98 valence electrons. The number of carbonyl (C=O) groups is 1. The standard InChI is InChI=1S/C15H22N2O/c1-2-5-12(9-16)15(18)17-10-13-8-11-6-3-4-7-14(11)13/h3-4,6-7,12-13H,2,5,8-10,16H2,1H3,(H,17,18). The van der Waals surface area contributed by atoms with E-state index < -0.39 is 0 Å². The van der Waals surface area contributed by atoms with Crippen LogP contribution >= 0.6 is 0 Å². The van der Waals surface area contributed by atoms with E-state index in [0.717, 1.165) is 25.8 Å². The summed E-state index contributed by atoms with van der Waals surface area (Å²) < 4.78 is 0. The minimum Gasteiger partial charge on any atom is -0.355 e. The molecule has 2 atom stereocenters. The van der Waals surface area contributed by atoms with Crippen LogP contribution in [0.25, 0.3) is 0 Å². The lowest BCUT2D eigenvalue weighted by Gasteiger charge is -2.30. The molecule has 2 rings (SSSR count). The van der Waals surface area contributed by atoms with Gasteiger partial charge in [-0.3, -0.25) is 4.79 Å².